The van der Waals surface area contributed by atoms with Gasteiger partial charge in [0.1, 0.15) is 0 Å². The molecular formula is C11H13N3O2S. The molecule has 90 valence electrons. The van der Waals surface area contributed by atoms with Crippen molar-refractivity contribution in [3.05, 3.63) is 27.9 Å². The highest BCUT2D eigenvalue weighted by Crippen LogP contribution is 2.25. The van der Waals surface area contributed by atoms with Crippen molar-refractivity contribution >= 4 is 23.3 Å². The summed E-state index contributed by atoms with van der Waals surface area (Å²) < 4.78 is 0. The first-order valence-electron chi connectivity index (χ1n) is 5.02. The Labute approximate surface area is 104 Å². The van der Waals surface area contributed by atoms with Crippen LogP contribution in [0.25, 0.3) is 0 Å². The van der Waals surface area contributed by atoms with Crippen molar-refractivity contribution in [3.63, 3.8) is 0 Å². The molecule has 0 aliphatic rings. The van der Waals surface area contributed by atoms with E-state index in [1.54, 1.807) is 30.9 Å². The van der Waals surface area contributed by atoms with Crippen LogP contribution in [0, 0.1) is 29.4 Å². The fourth-order valence-electron chi connectivity index (χ4n) is 1.28. The molecule has 0 unspecified atom stereocenters. The Bertz CT molecular complexity index is 443. The van der Waals surface area contributed by atoms with Crippen molar-refractivity contribution in [1.82, 2.24) is 4.98 Å². The Hall–Kier alpha value is -1.74. The van der Waals surface area contributed by atoms with Gasteiger partial charge in [0.15, 0.2) is 0 Å². The number of pyridine rings is 1. The maximum Gasteiger partial charge on any atom is 0.314 e. The zero-order chi connectivity index (χ0) is 12.7. The lowest BCUT2D eigenvalue weighted by Crippen LogP contribution is -2.09. The van der Waals surface area contributed by atoms with E-state index in [4.69, 9.17) is 6.42 Å². The highest BCUT2D eigenvalue weighted by molar-refractivity contribution is 7.99. The van der Waals surface area contributed by atoms with Gasteiger partial charge in [0, 0.05) is 24.1 Å². The van der Waals surface area contributed by atoms with Gasteiger partial charge in [0.2, 0.25) is 5.82 Å². The normalized spacial score (nSPS) is 9.65. The number of hydrogen-bond donors (Lipinski definition) is 1. The summed E-state index contributed by atoms with van der Waals surface area (Å²) in [5.74, 6) is 4.26. The minimum absolute atomic E-state index is 0.0365. The van der Waals surface area contributed by atoms with Gasteiger partial charge in [-0.25, -0.2) is 4.98 Å². The maximum absolute atomic E-state index is 10.9. The molecule has 1 aromatic rings. The molecule has 0 bridgehead atoms. The molecule has 0 saturated heterocycles. The third-order valence-electron chi connectivity index (χ3n) is 2.03. The van der Waals surface area contributed by atoms with Gasteiger partial charge in [-0.2, -0.15) is 0 Å². The van der Waals surface area contributed by atoms with Gasteiger partial charge in [-0.15, -0.1) is 18.2 Å². The molecule has 0 atom stereocenters. The van der Waals surface area contributed by atoms with Gasteiger partial charge in [-0.05, 0) is 13.0 Å². The minimum atomic E-state index is -0.417. The molecule has 0 aromatic carbocycles. The van der Waals surface area contributed by atoms with Crippen molar-refractivity contribution in [3.8, 4) is 12.3 Å². The second kappa shape index (κ2) is 6.76. The van der Waals surface area contributed by atoms with E-state index in [0.29, 0.717) is 23.7 Å². The highest BCUT2D eigenvalue weighted by atomic mass is 32.2. The number of rotatable bonds is 6. The van der Waals surface area contributed by atoms with Gasteiger partial charge < -0.3 is 5.32 Å². The van der Waals surface area contributed by atoms with Crippen LogP contribution in [0.15, 0.2) is 12.3 Å². The number of nitrogens with zero attached hydrogens (tertiary/aromatic N) is 2. The molecule has 1 heterocycles. The number of terminal acetylenes is 1. The van der Waals surface area contributed by atoms with Crippen LogP contribution in [0.4, 0.5) is 11.5 Å². The van der Waals surface area contributed by atoms with Gasteiger partial charge in [0.05, 0.1) is 10.7 Å². The fraction of sp³-hybridized carbons (Fsp3) is 0.364. The van der Waals surface area contributed by atoms with E-state index in [2.05, 4.69) is 16.2 Å². The highest BCUT2D eigenvalue weighted by Gasteiger charge is 2.17. The molecule has 1 N–H and O–H groups in total. The average molecular weight is 251 g/mol. The number of nitrogens with one attached hydrogen (secondary N) is 1. The lowest BCUT2D eigenvalue weighted by Gasteiger charge is -2.06. The SMILES string of the molecule is C#CCSCCNc1nccc(C)c1[N+](=O)[O-]. The summed E-state index contributed by atoms with van der Waals surface area (Å²) in [6, 6.07) is 1.62. The number of anilines is 1. The summed E-state index contributed by atoms with van der Waals surface area (Å²) >= 11 is 1.59. The van der Waals surface area contributed by atoms with E-state index in [9.17, 15) is 10.1 Å². The standard InChI is InChI=1S/C11H13N3O2S/c1-3-7-17-8-6-13-11-10(14(15)16)9(2)4-5-12-11/h1,4-5H,6-8H2,2H3,(H,12,13). The quantitative estimate of drug-likeness (QED) is 0.363. The van der Waals surface area contributed by atoms with Crippen LogP contribution in [0.5, 0.6) is 0 Å². The van der Waals surface area contributed by atoms with E-state index in [1.165, 1.54) is 0 Å². The van der Waals surface area contributed by atoms with Crippen LogP contribution >= 0.6 is 11.8 Å². The molecule has 0 aliphatic heterocycles. The lowest BCUT2D eigenvalue weighted by molar-refractivity contribution is -0.384. The fourth-order valence-corrected chi connectivity index (χ4v) is 1.79. The first-order chi connectivity index (χ1) is 8.16. The maximum atomic E-state index is 10.9. The van der Waals surface area contributed by atoms with Crippen LogP contribution in [-0.4, -0.2) is 28.0 Å². The number of aromatic nitrogens is 1. The van der Waals surface area contributed by atoms with Crippen molar-refractivity contribution in [1.29, 1.82) is 0 Å². The van der Waals surface area contributed by atoms with Crippen molar-refractivity contribution in [2.24, 2.45) is 0 Å². The Morgan fingerprint density at radius 3 is 3.12 bits per heavy atom. The molecule has 1 rings (SSSR count). The summed E-state index contributed by atoms with van der Waals surface area (Å²) in [5.41, 5.74) is 0.637. The molecule has 0 aliphatic carbocycles. The molecule has 1 aromatic heterocycles. The molecular weight excluding hydrogens is 238 g/mol. The number of thioether (sulfide) groups is 1. The summed E-state index contributed by atoms with van der Waals surface area (Å²) in [7, 11) is 0. The Morgan fingerprint density at radius 2 is 2.47 bits per heavy atom. The van der Waals surface area contributed by atoms with E-state index in [0.717, 1.165) is 5.75 Å². The molecule has 0 fully saturated rings. The summed E-state index contributed by atoms with van der Waals surface area (Å²) in [5, 5.41) is 13.8. The van der Waals surface area contributed by atoms with E-state index in [1.807, 2.05) is 0 Å². The molecule has 5 nitrogen and oxygen atoms in total. The molecule has 0 saturated carbocycles. The molecule has 6 heteroatoms. The first-order valence-corrected chi connectivity index (χ1v) is 6.17. The van der Waals surface area contributed by atoms with Crippen LogP contribution in [-0.2, 0) is 0 Å². The summed E-state index contributed by atoms with van der Waals surface area (Å²) in [6.07, 6.45) is 6.67. The lowest BCUT2D eigenvalue weighted by atomic mass is 10.2. The van der Waals surface area contributed by atoms with Gasteiger partial charge in [-0.3, -0.25) is 10.1 Å². The second-order valence-electron chi connectivity index (χ2n) is 3.27. The zero-order valence-electron chi connectivity index (χ0n) is 9.47. The van der Waals surface area contributed by atoms with Gasteiger partial charge in [-0.1, -0.05) is 5.92 Å². The van der Waals surface area contributed by atoms with Crippen LogP contribution in [0.3, 0.4) is 0 Å². The Balaban J connectivity index is 2.62. The largest absolute Gasteiger partial charge is 0.364 e. The van der Waals surface area contributed by atoms with Crippen molar-refractivity contribution < 1.29 is 4.92 Å². The number of hydrogen-bond acceptors (Lipinski definition) is 5. The minimum Gasteiger partial charge on any atom is -0.364 e. The Kier molecular flexibility index (Phi) is 5.30. The predicted octanol–water partition coefficient (Wildman–Crippen LogP) is 2.08. The average Bonchev–Trinajstić information content (AvgIpc) is 2.28. The van der Waals surface area contributed by atoms with E-state index < -0.39 is 4.92 Å². The van der Waals surface area contributed by atoms with Crippen LogP contribution in [0.1, 0.15) is 5.56 Å². The van der Waals surface area contributed by atoms with Crippen LogP contribution < -0.4 is 5.32 Å². The molecule has 0 amide bonds. The van der Waals surface area contributed by atoms with E-state index >= 15 is 0 Å². The third kappa shape index (κ3) is 3.96. The van der Waals surface area contributed by atoms with E-state index in [-0.39, 0.29) is 5.69 Å². The zero-order valence-corrected chi connectivity index (χ0v) is 10.3. The summed E-state index contributed by atoms with van der Waals surface area (Å²) in [4.78, 5) is 14.4. The smallest absolute Gasteiger partial charge is 0.314 e. The first kappa shape index (κ1) is 13.3. The predicted molar refractivity (Wildman–Crippen MR) is 70.3 cm³/mol. The topological polar surface area (TPSA) is 68.1 Å². The molecule has 0 radical (unpaired) electrons. The Morgan fingerprint density at radius 1 is 1.71 bits per heavy atom. The second-order valence-corrected chi connectivity index (χ2v) is 4.37. The van der Waals surface area contributed by atoms with Crippen LogP contribution in [0.2, 0.25) is 0 Å². The van der Waals surface area contributed by atoms with Crippen molar-refractivity contribution in [2.45, 2.75) is 6.92 Å². The molecule has 17 heavy (non-hydrogen) atoms. The van der Waals surface area contributed by atoms with Gasteiger partial charge >= 0.3 is 5.69 Å². The monoisotopic (exact) mass is 251 g/mol. The number of nitro groups is 1. The van der Waals surface area contributed by atoms with Gasteiger partial charge in [0.25, 0.3) is 0 Å². The third-order valence-corrected chi connectivity index (χ3v) is 2.90. The summed E-state index contributed by atoms with van der Waals surface area (Å²) in [6.45, 7) is 2.29. The van der Waals surface area contributed by atoms with Crippen molar-refractivity contribution in [2.75, 3.05) is 23.4 Å². The number of aryl methyl sites for hydroxylation is 1. The molecule has 0 spiro atoms.